The Balaban J connectivity index is 2.42. The molecule has 1 aromatic rings. The number of nitrogens with two attached hydrogens (primary N) is 1. The second kappa shape index (κ2) is 5.28. The summed E-state index contributed by atoms with van der Waals surface area (Å²) in [6.45, 7) is 0.430. The van der Waals surface area contributed by atoms with E-state index in [0.29, 0.717) is 18.7 Å². The van der Waals surface area contributed by atoms with Crippen LogP contribution in [-0.2, 0) is 9.84 Å². The van der Waals surface area contributed by atoms with E-state index in [9.17, 15) is 8.42 Å². The van der Waals surface area contributed by atoms with Gasteiger partial charge in [0.15, 0.2) is 9.84 Å². The van der Waals surface area contributed by atoms with E-state index in [1.165, 1.54) is 7.11 Å². The van der Waals surface area contributed by atoms with Crippen molar-refractivity contribution in [2.45, 2.75) is 29.4 Å². The van der Waals surface area contributed by atoms with Gasteiger partial charge in [-0.1, -0.05) is 18.6 Å². The third kappa shape index (κ3) is 2.24. The molecule has 2 atom stereocenters. The Labute approximate surface area is 108 Å². The fourth-order valence-corrected chi connectivity index (χ4v) is 4.95. The topological polar surface area (TPSA) is 69.4 Å². The highest BCUT2D eigenvalue weighted by molar-refractivity contribution is 7.92. The van der Waals surface area contributed by atoms with Crippen molar-refractivity contribution < 1.29 is 13.2 Å². The number of hydrogen-bond acceptors (Lipinski definition) is 4. The largest absolute Gasteiger partial charge is 0.495 e. The lowest BCUT2D eigenvalue weighted by Gasteiger charge is -2.19. The van der Waals surface area contributed by atoms with Crippen molar-refractivity contribution in [1.82, 2.24) is 0 Å². The number of sulfone groups is 1. The summed E-state index contributed by atoms with van der Waals surface area (Å²) >= 11 is 0. The minimum Gasteiger partial charge on any atom is -0.495 e. The highest BCUT2D eigenvalue weighted by Crippen LogP contribution is 2.36. The Kier molecular flexibility index (Phi) is 3.92. The summed E-state index contributed by atoms with van der Waals surface area (Å²) in [7, 11) is -1.86. The van der Waals surface area contributed by atoms with Gasteiger partial charge in [0.2, 0.25) is 0 Å². The quantitative estimate of drug-likeness (QED) is 0.901. The molecule has 0 radical (unpaired) electrons. The van der Waals surface area contributed by atoms with Crippen molar-refractivity contribution >= 4 is 9.84 Å². The number of benzene rings is 1. The highest BCUT2D eigenvalue weighted by atomic mass is 32.2. The van der Waals surface area contributed by atoms with Crippen LogP contribution in [0.3, 0.4) is 0 Å². The molecular weight excluding hydrogens is 250 g/mol. The molecule has 100 valence electrons. The molecule has 0 heterocycles. The molecule has 2 N–H and O–H groups in total. The Morgan fingerprint density at radius 3 is 2.72 bits per heavy atom. The SMILES string of the molecule is COc1ccccc1S(=O)(=O)C1CCCC1CN. The lowest BCUT2D eigenvalue weighted by atomic mass is 10.1. The Bertz CT molecular complexity index is 513. The molecule has 0 aliphatic heterocycles. The number of ether oxygens (including phenoxy) is 1. The van der Waals surface area contributed by atoms with E-state index < -0.39 is 9.84 Å². The first-order valence-corrected chi connectivity index (χ1v) is 7.73. The lowest BCUT2D eigenvalue weighted by Crippen LogP contribution is -2.30. The molecule has 1 aliphatic carbocycles. The van der Waals surface area contributed by atoms with Crippen LogP contribution in [0.1, 0.15) is 19.3 Å². The molecule has 1 aromatic carbocycles. The van der Waals surface area contributed by atoms with Crippen LogP contribution in [0.15, 0.2) is 29.2 Å². The van der Waals surface area contributed by atoms with E-state index in [1.807, 2.05) is 0 Å². The van der Waals surface area contributed by atoms with E-state index in [0.717, 1.165) is 12.8 Å². The lowest BCUT2D eigenvalue weighted by molar-refractivity contribution is 0.401. The van der Waals surface area contributed by atoms with E-state index in [2.05, 4.69) is 0 Å². The van der Waals surface area contributed by atoms with Gasteiger partial charge in [0, 0.05) is 0 Å². The van der Waals surface area contributed by atoms with Crippen molar-refractivity contribution in [3.8, 4) is 5.75 Å². The fourth-order valence-electron chi connectivity index (χ4n) is 2.70. The van der Waals surface area contributed by atoms with Gasteiger partial charge in [-0.25, -0.2) is 8.42 Å². The third-order valence-electron chi connectivity index (χ3n) is 3.67. The summed E-state index contributed by atoms with van der Waals surface area (Å²) in [5, 5.41) is -0.362. The summed E-state index contributed by atoms with van der Waals surface area (Å²) in [4.78, 5) is 0.290. The summed E-state index contributed by atoms with van der Waals surface area (Å²) in [6.07, 6.45) is 2.53. The average molecular weight is 269 g/mol. The van der Waals surface area contributed by atoms with Crippen LogP contribution in [-0.4, -0.2) is 27.3 Å². The van der Waals surface area contributed by atoms with E-state index in [1.54, 1.807) is 24.3 Å². The van der Waals surface area contributed by atoms with Crippen LogP contribution in [0.2, 0.25) is 0 Å². The molecule has 2 unspecified atom stereocenters. The normalized spacial score (nSPS) is 24.1. The van der Waals surface area contributed by atoms with Gasteiger partial charge in [0.1, 0.15) is 10.6 Å². The average Bonchev–Trinajstić information content (AvgIpc) is 2.87. The van der Waals surface area contributed by atoms with Crippen molar-refractivity contribution in [1.29, 1.82) is 0 Å². The molecule has 1 saturated carbocycles. The Hall–Kier alpha value is -1.07. The zero-order chi connectivity index (χ0) is 13.2. The third-order valence-corrected chi connectivity index (χ3v) is 6.03. The molecule has 2 rings (SSSR count). The zero-order valence-corrected chi connectivity index (χ0v) is 11.3. The smallest absolute Gasteiger partial charge is 0.185 e. The Morgan fingerprint density at radius 2 is 2.06 bits per heavy atom. The van der Waals surface area contributed by atoms with Gasteiger partial charge < -0.3 is 10.5 Å². The van der Waals surface area contributed by atoms with E-state index >= 15 is 0 Å². The molecule has 5 heteroatoms. The maximum Gasteiger partial charge on any atom is 0.185 e. The number of para-hydroxylation sites is 1. The minimum atomic E-state index is -3.35. The molecule has 0 amide bonds. The van der Waals surface area contributed by atoms with E-state index in [-0.39, 0.29) is 16.1 Å². The van der Waals surface area contributed by atoms with Gasteiger partial charge in [0.25, 0.3) is 0 Å². The molecular formula is C13H19NO3S. The summed E-state index contributed by atoms with van der Waals surface area (Å²) in [5.74, 6) is 0.486. The number of hydrogen-bond donors (Lipinski definition) is 1. The second-order valence-corrected chi connectivity index (χ2v) is 6.80. The van der Waals surface area contributed by atoms with Crippen molar-refractivity contribution in [3.63, 3.8) is 0 Å². The zero-order valence-electron chi connectivity index (χ0n) is 10.5. The van der Waals surface area contributed by atoms with Crippen LogP contribution in [0, 0.1) is 5.92 Å². The molecule has 1 fully saturated rings. The van der Waals surface area contributed by atoms with Gasteiger partial charge in [0.05, 0.1) is 12.4 Å². The summed E-state index contributed by atoms with van der Waals surface area (Å²) in [5.41, 5.74) is 5.67. The predicted molar refractivity (Wildman–Crippen MR) is 70.4 cm³/mol. The van der Waals surface area contributed by atoms with Gasteiger partial charge in [-0.3, -0.25) is 0 Å². The Morgan fingerprint density at radius 1 is 1.33 bits per heavy atom. The van der Waals surface area contributed by atoms with Gasteiger partial charge >= 0.3 is 0 Å². The predicted octanol–water partition coefficient (Wildman–Crippen LogP) is 1.60. The second-order valence-electron chi connectivity index (χ2n) is 4.66. The van der Waals surface area contributed by atoms with Crippen molar-refractivity contribution in [3.05, 3.63) is 24.3 Å². The first-order chi connectivity index (χ1) is 8.61. The van der Waals surface area contributed by atoms with Crippen LogP contribution in [0.5, 0.6) is 5.75 Å². The first-order valence-electron chi connectivity index (χ1n) is 6.18. The standard InChI is InChI=1S/C13H19NO3S/c1-17-11-6-2-3-7-13(11)18(15,16)12-8-4-5-10(12)9-14/h2-3,6-7,10,12H,4-5,8-9,14H2,1H3. The maximum absolute atomic E-state index is 12.6. The van der Waals surface area contributed by atoms with Crippen LogP contribution in [0.4, 0.5) is 0 Å². The molecule has 0 aromatic heterocycles. The van der Waals surface area contributed by atoms with Gasteiger partial charge in [-0.05, 0) is 37.4 Å². The first kappa shape index (κ1) is 13.4. The molecule has 1 aliphatic rings. The minimum absolute atomic E-state index is 0.0694. The summed E-state index contributed by atoms with van der Waals surface area (Å²) in [6, 6.07) is 6.79. The molecule has 18 heavy (non-hydrogen) atoms. The number of methoxy groups -OCH3 is 1. The molecule has 0 bridgehead atoms. The molecule has 0 spiro atoms. The van der Waals surface area contributed by atoms with Crippen molar-refractivity contribution in [2.75, 3.05) is 13.7 Å². The van der Waals surface area contributed by atoms with E-state index in [4.69, 9.17) is 10.5 Å². The van der Waals surface area contributed by atoms with Crippen molar-refractivity contribution in [2.24, 2.45) is 11.7 Å². The van der Waals surface area contributed by atoms with Gasteiger partial charge in [-0.2, -0.15) is 0 Å². The maximum atomic E-state index is 12.6. The molecule has 4 nitrogen and oxygen atoms in total. The van der Waals surface area contributed by atoms with Crippen LogP contribution >= 0.6 is 0 Å². The molecule has 0 saturated heterocycles. The highest BCUT2D eigenvalue weighted by Gasteiger charge is 2.38. The number of rotatable bonds is 4. The van der Waals surface area contributed by atoms with Gasteiger partial charge in [-0.15, -0.1) is 0 Å². The van der Waals surface area contributed by atoms with Crippen LogP contribution in [0.25, 0.3) is 0 Å². The van der Waals surface area contributed by atoms with Crippen LogP contribution < -0.4 is 10.5 Å². The summed E-state index contributed by atoms with van der Waals surface area (Å²) < 4.78 is 30.4. The monoisotopic (exact) mass is 269 g/mol. The fraction of sp³-hybridized carbons (Fsp3) is 0.538.